The highest BCUT2D eigenvalue weighted by atomic mass is 79.9. The molecule has 0 amide bonds. The summed E-state index contributed by atoms with van der Waals surface area (Å²) in [5, 5.41) is 15.4. The van der Waals surface area contributed by atoms with E-state index in [1.807, 2.05) is 10.9 Å². The van der Waals surface area contributed by atoms with Crippen LogP contribution in [0.4, 0.5) is 0 Å². The van der Waals surface area contributed by atoms with Gasteiger partial charge in [0.05, 0.1) is 16.4 Å². The van der Waals surface area contributed by atoms with Crippen LogP contribution in [0.3, 0.4) is 0 Å². The lowest BCUT2D eigenvalue weighted by Gasteiger charge is -2.28. The third kappa shape index (κ3) is 2.80. The third-order valence-corrected chi connectivity index (χ3v) is 4.59. The molecule has 1 fully saturated rings. The van der Waals surface area contributed by atoms with Crippen LogP contribution in [0.15, 0.2) is 10.7 Å². The lowest BCUT2D eigenvalue weighted by Crippen LogP contribution is -2.29. The molecule has 1 saturated carbocycles. The summed E-state index contributed by atoms with van der Waals surface area (Å²) in [7, 11) is 0. The van der Waals surface area contributed by atoms with Gasteiger partial charge in [0.25, 0.3) is 0 Å². The highest BCUT2D eigenvalue weighted by Gasteiger charge is 2.36. The number of rotatable bonds is 3. The van der Waals surface area contributed by atoms with Gasteiger partial charge in [0.15, 0.2) is 0 Å². The second-order valence-electron chi connectivity index (χ2n) is 5.63. The van der Waals surface area contributed by atoms with Crippen molar-refractivity contribution in [2.45, 2.75) is 64.5 Å². The molecule has 2 rings (SSSR count). The Kier molecular flexibility index (Phi) is 4.49. The molecule has 4 heteroatoms. The summed E-state index contributed by atoms with van der Waals surface area (Å²) in [4.78, 5) is 0. The average Bonchev–Trinajstić information content (AvgIpc) is 2.60. The molecule has 3 nitrogen and oxygen atoms in total. The first-order chi connectivity index (χ1) is 8.57. The molecule has 1 heterocycles. The Balaban J connectivity index is 2.30. The number of halogens is 1. The van der Waals surface area contributed by atoms with Gasteiger partial charge in [-0.25, -0.2) is 0 Å². The molecule has 0 spiro atoms. The maximum Gasteiger partial charge on any atom is 0.107 e. The SMILES string of the molecule is CCCn1ncc(Br)c1C1(O)CCCC(C)CC1. The summed E-state index contributed by atoms with van der Waals surface area (Å²) in [6.45, 7) is 5.29. The summed E-state index contributed by atoms with van der Waals surface area (Å²) < 4.78 is 2.92. The predicted molar refractivity (Wildman–Crippen MR) is 76.4 cm³/mol. The highest BCUT2D eigenvalue weighted by molar-refractivity contribution is 9.10. The van der Waals surface area contributed by atoms with Gasteiger partial charge in [-0.3, -0.25) is 4.68 Å². The molecular formula is C14H23BrN2O. The zero-order valence-electron chi connectivity index (χ0n) is 11.3. The second-order valence-corrected chi connectivity index (χ2v) is 6.49. The summed E-state index contributed by atoms with van der Waals surface area (Å²) in [5.74, 6) is 0.723. The van der Waals surface area contributed by atoms with Crippen LogP contribution in [-0.4, -0.2) is 14.9 Å². The van der Waals surface area contributed by atoms with E-state index in [2.05, 4.69) is 34.9 Å². The van der Waals surface area contributed by atoms with Gasteiger partial charge in [-0.1, -0.05) is 20.3 Å². The van der Waals surface area contributed by atoms with Crippen molar-refractivity contribution < 1.29 is 5.11 Å². The fraction of sp³-hybridized carbons (Fsp3) is 0.786. The molecule has 0 aromatic carbocycles. The van der Waals surface area contributed by atoms with Gasteiger partial charge in [-0.2, -0.15) is 5.10 Å². The standard InChI is InChI=1S/C14H23BrN2O/c1-3-9-17-13(12(15)10-16-17)14(18)7-4-5-11(2)6-8-14/h10-11,18H,3-9H2,1-2H3. The van der Waals surface area contributed by atoms with Crippen molar-refractivity contribution in [3.05, 3.63) is 16.4 Å². The van der Waals surface area contributed by atoms with Crippen molar-refractivity contribution in [2.75, 3.05) is 0 Å². The molecule has 2 atom stereocenters. The molecule has 1 aromatic rings. The van der Waals surface area contributed by atoms with Crippen molar-refractivity contribution in [3.8, 4) is 0 Å². The van der Waals surface area contributed by atoms with E-state index in [-0.39, 0.29) is 0 Å². The van der Waals surface area contributed by atoms with Crippen LogP contribution >= 0.6 is 15.9 Å². The Labute approximate surface area is 118 Å². The van der Waals surface area contributed by atoms with Gasteiger partial charge >= 0.3 is 0 Å². The fourth-order valence-electron chi connectivity index (χ4n) is 2.94. The lowest BCUT2D eigenvalue weighted by molar-refractivity contribution is 0.0102. The maximum atomic E-state index is 11.0. The van der Waals surface area contributed by atoms with Crippen molar-refractivity contribution in [1.29, 1.82) is 0 Å². The summed E-state index contributed by atoms with van der Waals surface area (Å²) in [6, 6.07) is 0. The number of aryl methyl sites for hydroxylation is 1. The number of hydrogen-bond donors (Lipinski definition) is 1. The van der Waals surface area contributed by atoms with Crippen LogP contribution in [0.5, 0.6) is 0 Å². The van der Waals surface area contributed by atoms with Gasteiger partial charge in [0, 0.05) is 6.54 Å². The predicted octanol–water partition coefficient (Wildman–Crippen LogP) is 3.84. The van der Waals surface area contributed by atoms with E-state index in [0.29, 0.717) is 0 Å². The molecule has 1 N–H and O–H groups in total. The molecule has 0 bridgehead atoms. The maximum absolute atomic E-state index is 11.0. The number of hydrogen-bond acceptors (Lipinski definition) is 2. The van der Waals surface area contributed by atoms with Gasteiger partial charge in [0.1, 0.15) is 5.60 Å². The van der Waals surface area contributed by atoms with Crippen LogP contribution in [0.1, 0.15) is 58.1 Å². The van der Waals surface area contributed by atoms with Gasteiger partial charge in [-0.15, -0.1) is 0 Å². The van der Waals surface area contributed by atoms with Gasteiger partial charge in [-0.05, 0) is 54.0 Å². The Bertz CT molecular complexity index is 404. The van der Waals surface area contributed by atoms with E-state index < -0.39 is 5.60 Å². The Morgan fingerprint density at radius 1 is 1.50 bits per heavy atom. The highest BCUT2D eigenvalue weighted by Crippen LogP contribution is 2.40. The number of nitrogens with zero attached hydrogens (tertiary/aromatic N) is 2. The van der Waals surface area contributed by atoms with E-state index in [4.69, 9.17) is 0 Å². The van der Waals surface area contributed by atoms with Crippen LogP contribution in [0.2, 0.25) is 0 Å². The minimum atomic E-state index is -0.699. The normalized spacial score (nSPS) is 29.2. The fourth-order valence-corrected chi connectivity index (χ4v) is 3.61. The lowest BCUT2D eigenvalue weighted by atomic mass is 9.90. The number of aliphatic hydroxyl groups is 1. The molecule has 18 heavy (non-hydrogen) atoms. The monoisotopic (exact) mass is 314 g/mol. The van der Waals surface area contributed by atoms with E-state index in [1.54, 1.807) is 0 Å². The Hall–Kier alpha value is -0.350. The van der Waals surface area contributed by atoms with E-state index in [0.717, 1.165) is 54.7 Å². The molecule has 1 aliphatic rings. The first-order valence-corrected chi connectivity index (χ1v) is 7.80. The van der Waals surface area contributed by atoms with E-state index >= 15 is 0 Å². The van der Waals surface area contributed by atoms with Crippen LogP contribution in [0, 0.1) is 5.92 Å². The Morgan fingerprint density at radius 2 is 2.28 bits per heavy atom. The molecule has 1 aliphatic carbocycles. The topological polar surface area (TPSA) is 38.0 Å². The van der Waals surface area contributed by atoms with Crippen molar-refractivity contribution in [1.82, 2.24) is 9.78 Å². The van der Waals surface area contributed by atoms with Crippen LogP contribution in [0.25, 0.3) is 0 Å². The van der Waals surface area contributed by atoms with Crippen molar-refractivity contribution >= 4 is 15.9 Å². The third-order valence-electron chi connectivity index (χ3n) is 4.01. The van der Waals surface area contributed by atoms with Gasteiger partial charge in [0.2, 0.25) is 0 Å². The molecule has 0 aliphatic heterocycles. The molecule has 0 radical (unpaired) electrons. The molecule has 2 unspecified atom stereocenters. The second kappa shape index (κ2) is 5.74. The quantitative estimate of drug-likeness (QED) is 0.861. The van der Waals surface area contributed by atoms with E-state index in [1.165, 1.54) is 6.42 Å². The summed E-state index contributed by atoms with van der Waals surface area (Å²) >= 11 is 3.56. The van der Waals surface area contributed by atoms with E-state index in [9.17, 15) is 5.11 Å². The summed E-state index contributed by atoms with van der Waals surface area (Å²) in [5.41, 5.74) is 0.286. The minimum absolute atomic E-state index is 0.699. The molecule has 0 saturated heterocycles. The molecular weight excluding hydrogens is 292 g/mol. The zero-order valence-corrected chi connectivity index (χ0v) is 12.9. The van der Waals surface area contributed by atoms with Crippen LogP contribution < -0.4 is 0 Å². The smallest absolute Gasteiger partial charge is 0.107 e. The first-order valence-electron chi connectivity index (χ1n) is 7.01. The minimum Gasteiger partial charge on any atom is -0.384 e. The Morgan fingerprint density at radius 3 is 3.00 bits per heavy atom. The summed E-state index contributed by atoms with van der Waals surface area (Å²) in [6.07, 6.45) is 7.97. The van der Waals surface area contributed by atoms with Gasteiger partial charge < -0.3 is 5.11 Å². The largest absolute Gasteiger partial charge is 0.384 e. The average molecular weight is 315 g/mol. The van der Waals surface area contributed by atoms with Crippen molar-refractivity contribution in [3.63, 3.8) is 0 Å². The van der Waals surface area contributed by atoms with Crippen LogP contribution in [-0.2, 0) is 12.1 Å². The zero-order chi connectivity index (χ0) is 13.2. The number of aromatic nitrogens is 2. The molecule has 1 aromatic heterocycles. The first kappa shape index (κ1) is 14.1. The molecule has 102 valence electrons. The van der Waals surface area contributed by atoms with Crippen molar-refractivity contribution in [2.24, 2.45) is 5.92 Å².